The highest BCUT2D eigenvalue weighted by Gasteiger charge is 1.95. The van der Waals surface area contributed by atoms with Crippen molar-refractivity contribution in [2.75, 3.05) is 0 Å². The molecule has 60 valence electrons. The highest BCUT2D eigenvalue weighted by atomic mass is 16.6. The SMILES string of the molecule is C=CC=N/C(ON)=C(\N)C=C. The van der Waals surface area contributed by atoms with Crippen molar-refractivity contribution >= 4 is 6.21 Å². The van der Waals surface area contributed by atoms with Crippen LogP contribution in [0.5, 0.6) is 0 Å². The summed E-state index contributed by atoms with van der Waals surface area (Å²) in [6.45, 7) is 6.84. The molecule has 0 heterocycles. The number of aliphatic imine (C=N–C) groups is 1. The van der Waals surface area contributed by atoms with Crippen LogP contribution < -0.4 is 11.6 Å². The fraction of sp³-hybridized carbons (Fsp3) is 0. The number of allylic oxidation sites excluding steroid dienone is 2. The Hall–Kier alpha value is -1.55. The molecular weight excluding hydrogens is 142 g/mol. The van der Waals surface area contributed by atoms with Crippen LogP contribution >= 0.6 is 0 Å². The van der Waals surface area contributed by atoms with Crippen molar-refractivity contribution < 1.29 is 4.84 Å². The molecule has 11 heavy (non-hydrogen) atoms. The van der Waals surface area contributed by atoms with Crippen LogP contribution in [0.25, 0.3) is 0 Å². The van der Waals surface area contributed by atoms with E-state index in [0.717, 1.165) is 0 Å². The number of nitrogens with zero attached hydrogens (tertiary/aromatic N) is 1. The standard InChI is InChI=1S/C7H11N3O/c1-3-5-10-7(11-9)6(8)4-2/h3-5H,1-2,8-9H2/b7-6+,10-5?. The summed E-state index contributed by atoms with van der Waals surface area (Å²) in [4.78, 5) is 8.07. The van der Waals surface area contributed by atoms with Gasteiger partial charge in [-0.2, -0.15) is 5.90 Å². The quantitative estimate of drug-likeness (QED) is 0.266. The van der Waals surface area contributed by atoms with Crippen molar-refractivity contribution in [2.45, 2.75) is 0 Å². The summed E-state index contributed by atoms with van der Waals surface area (Å²) in [6.07, 6.45) is 4.29. The molecule has 0 atom stereocenters. The van der Waals surface area contributed by atoms with E-state index < -0.39 is 0 Å². The number of hydrogen-bond donors (Lipinski definition) is 2. The Balaban J connectivity index is 4.50. The summed E-state index contributed by atoms with van der Waals surface area (Å²) in [5.74, 6) is 4.98. The maximum absolute atomic E-state index is 5.38. The van der Waals surface area contributed by atoms with E-state index >= 15 is 0 Å². The Kier molecular flexibility index (Phi) is 4.51. The zero-order valence-corrected chi connectivity index (χ0v) is 6.16. The van der Waals surface area contributed by atoms with Crippen LogP contribution in [0.3, 0.4) is 0 Å². The Bertz CT molecular complexity index is 206. The molecule has 4 heteroatoms. The largest absolute Gasteiger partial charge is 0.394 e. The summed E-state index contributed by atoms with van der Waals surface area (Å²) in [5.41, 5.74) is 5.66. The molecule has 0 aromatic rings. The molecule has 4 nitrogen and oxygen atoms in total. The van der Waals surface area contributed by atoms with Gasteiger partial charge in [0.15, 0.2) is 0 Å². The first-order valence-electron chi connectivity index (χ1n) is 2.90. The second-order valence-electron chi connectivity index (χ2n) is 1.60. The van der Waals surface area contributed by atoms with Gasteiger partial charge in [-0.1, -0.05) is 19.2 Å². The van der Waals surface area contributed by atoms with Gasteiger partial charge < -0.3 is 10.6 Å². The third-order valence-corrected chi connectivity index (χ3v) is 0.876. The number of nitrogens with two attached hydrogens (primary N) is 2. The van der Waals surface area contributed by atoms with Gasteiger partial charge in [0.1, 0.15) is 0 Å². The highest BCUT2D eigenvalue weighted by Crippen LogP contribution is 1.99. The maximum Gasteiger partial charge on any atom is 0.260 e. The van der Waals surface area contributed by atoms with E-state index in [9.17, 15) is 0 Å². The van der Waals surface area contributed by atoms with E-state index in [-0.39, 0.29) is 11.6 Å². The summed E-state index contributed by atoms with van der Waals surface area (Å²) in [7, 11) is 0. The van der Waals surface area contributed by atoms with Gasteiger partial charge in [0.05, 0.1) is 5.70 Å². The molecule has 0 radical (unpaired) electrons. The number of rotatable bonds is 4. The Morgan fingerprint density at radius 3 is 2.45 bits per heavy atom. The summed E-state index contributed by atoms with van der Waals surface area (Å²) < 4.78 is 0. The fourth-order valence-corrected chi connectivity index (χ4v) is 0.381. The molecule has 0 rings (SSSR count). The zero-order chi connectivity index (χ0) is 8.69. The first-order valence-corrected chi connectivity index (χ1v) is 2.90. The molecule has 0 bridgehead atoms. The van der Waals surface area contributed by atoms with Crippen LogP contribution in [-0.4, -0.2) is 6.21 Å². The van der Waals surface area contributed by atoms with E-state index in [1.54, 1.807) is 0 Å². The van der Waals surface area contributed by atoms with Crippen LogP contribution in [0, 0.1) is 0 Å². The Labute approximate surface area is 65.5 Å². The van der Waals surface area contributed by atoms with Gasteiger partial charge in [0.2, 0.25) is 0 Å². The lowest BCUT2D eigenvalue weighted by atomic mass is 10.4. The minimum atomic E-state index is 0.125. The van der Waals surface area contributed by atoms with Gasteiger partial charge >= 0.3 is 0 Å². The molecule has 0 aromatic carbocycles. The predicted octanol–water partition coefficient (Wildman–Crippen LogP) is 0.447. The van der Waals surface area contributed by atoms with Gasteiger partial charge in [0.25, 0.3) is 5.88 Å². The molecule has 4 N–H and O–H groups in total. The average Bonchev–Trinajstić information content (AvgIpc) is 2.05. The molecule has 0 aliphatic rings. The number of hydrogen-bond acceptors (Lipinski definition) is 4. The van der Waals surface area contributed by atoms with Crippen molar-refractivity contribution in [1.29, 1.82) is 0 Å². The molecule has 0 fully saturated rings. The van der Waals surface area contributed by atoms with E-state index in [0.29, 0.717) is 0 Å². The van der Waals surface area contributed by atoms with Crippen LogP contribution in [0.2, 0.25) is 0 Å². The molecule has 0 saturated carbocycles. The summed E-state index contributed by atoms with van der Waals surface area (Å²) >= 11 is 0. The van der Waals surface area contributed by atoms with Crippen molar-refractivity contribution in [2.24, 2.45) is 16.6 Å². The van der Waals surface area contributed by atoms with E-state index in [1.165, 1.54) is 18.4 Å². The minimum absolute atomic E-state index is 0.125. The van der Waals surface area contributed by atoms with Crippen LogP contribution in [0.1, 0.15) is 0 Å². The second kappa shape index (κ2) is 5.25. The predicted molar refractivity (Wildman–Crippen MR) is 45.4 cm³/mol. The van der Waals surface area contributed by atoms with Gasteiger partial charge in [-0.25, -0.2) is 4.99 Å². The molecule has 0 spiro atoms. The highest BCUT2D eigenvalue weighted by molar-refractivity contribution is 5.71. The maximum atomic E-state index is 5.38. The lowest BCUT2D eigenvalue weighted by molar-refractivity contribution is 0.215. The van der Waals surface area contributed by atoms with Gasteiger partial charge in [0, 0.05) is 6.21 Å². The molecule has 0 amide bonds. The third-order valence-electron chi connectivity index (χ3n) is 0.876. The second-order valence-corrected chi connectivity index (χ2v) is 1.60. The molecule has 0 unspecified atom stereocenters. The monoisotopic (exact) mass is 153 g/mol. The van der Waals surface area contributed by atoms with Crippen molar-refractivity contribution in [3.05, 3.63) is 36.9 Å². The van der Waals surface area contributed by atoms with E-state index in [4.69, 9.17) is 11.6 Å². The van der Waals surface area contributed by atoms with Gasteiger partial charge in [-0.15, -0.1) is 0 Å². The molecule has 0 aromatic heterocycles. The van der Waals surface area contributed by atoms with Crippen LogP contribution in [0.15, 0.2) is 41.9 Å². The van der Waals surface area contributed by atoms with Crippen molar-refractivity contribution in [3.63, 3.8) is 0 Å². The first-order chi connectivity index (χ1) is 5.26. The molecule has 0 aliphatic carbocycles. The molecule has 0 saturated heterocycles. The topological polar surface area (TPSA) is 73.6 Å². The van der Waals surface area contributed by atoms with Crippen LogP contribution in [-0.2, 0) is 4.84 Å². The van der Waals surface area contributed by atoms with Gasteiger partial charge in [-0.3, -0.25) is 0 Å². The van der Waals surface area contributed by atoms with E-state index in [1.807, 2.05) is 0 Å². The summed E-state index contributed by atoms with van der Waals surface area (Å²) in [6, 6.07) is 0. The summed E-state index contributed by atoms with van der Waals surface area (Å²) in [5, 5.41) is 0. The average molecular weight is 153 g/mol. The lowest BCUT2D eigenvalue weighted by Crippen LogP contribution is -2.05. The first kappa shape index (κ1) is 9.45. The van der Waals surface area contributed by atoms with Crippen LogP contribution in [0.4, 0.5) is 0 Å². The van der Waals surface area contributed by atoms with Gasteiger partial charge in [-0.05, 0) is 6.08 Å². The zero-order valence-electron chi connectivity index (χ0n) is 6.16. The molecule has 0 aliphatic heterocycles. The minimum Gasteiger partial charge on any atom is -0.394 e. The normalized spacial score (nSPS) is 12.5. The molecular formula is C7H11N3O. The third kappa shape index (κ3) is 3.22. The Morgan fingerprint density at radius 1 is 1.45 bits per heavy atom. The van der Waals surface area contributed by atoms with Crippen molar-refractivity contribution in [3.8, 4) is 0 Å². The van der Waals surface area contributed by atoms with E-state index in [2.05, 4.69) is 23.0 Å². The van der Waals surface area contributed by atoms with Crippen molar-refractivity contribution in [1.82, 2.24) is 0 Å². The lowest BCUT2D eigenvalue weighted by Gasteiger charge is -1.98. The smallest absolute Gasteiger partial charge is 0.260 e. The Morgan fingerprint density at radius 2 is 2.09 bits per heavy atom. The fourth-order valence-electron chi connectivity index (χ4n) is 0.381.